The van der Waals surface area contributed by atoms with Crippen molar-refractivity contribution in [2.75, 3.05) is 12.4 Å². The van der Waals surface area contributed by atoms with E-state index in [0.29, 0.717) is 5.56 Å². The average Bonchev–Trinajstić information content (AvgIpc) is 2.65. The van der Waals surface area contributed by atoms with Gasteiger partial charge in [0.05, 0.1) is 23.3 Å². The first-order chi connectivity index (χ1) is 12.0. The van der Waals surface area contributed by atoms with Crippen molar-refractivity contribution in [3.63, 3.8) is 0 Å². The number of hydrogen-bond donors (Lipinski definition) is 2. The summed E-state index contributed by atoms with van der Waals surface area (Å²) in [5.41, 5.74) is 1.45. The van der Waals surface area contributed by atoms with Gasteiger partial charge in [-0.25, -0.2) is 13.2 Å². The zero-order valence-corrected chi connectivity index (χ0v) is 14.7. The third-order valence-corrected chi connectivity index (χ3v) is 5.46. The number of nitrogens with one attached hydrogen (secondary N) is 1. The molecule has 6 nitrogen and oxygen atoms in total. The number of aliphatic hydroxyl groups excluding tert-OH is 1. The van der Waals surface area contributed by atoms with Crippen molar-refractivity contribution >= 4 is 15.9 Å². The molecule has 134 valence electrons. The maximum Gasteiger partial charge on any atom is 0.408 e. The van der Waals surface area contributed by atoms with Crippen LogP contribution in [0.5, 0.6) is 0 Å². The van der Waals surface area contributed by atoms with Crippen LogP contribution in [-0.4, -0.2) is 32.0 Å². The number of alkyl carbamates (subject to hydrolysis) is 1. The van der Waals surface area contributed by atoms with Crippen LogP contribution >= 0.6 is 0 Å². The smallest absolute Gasteiger partial charge is 0.408 e. The van der Waals surface area contributed by atoms with Crippen LogP contribution in [0.15, 0.2) is 59.5 Å². The van der Waals surface area contributed by atoms with E-state index < -0.39 is 22.0 Å². The second-order valence-electron chi connectivity index (χ2n) is 5.41. The van der Waals surface area contributed by atoms with Gasteiger partial charge in [0.25, 0.3) is 0 Å². The van der Waals surface area contributed by atoms with E-state index >= 15 is 0 Å². The predicted octanol–water partition coefficient (Wildman–Crippen LogP) is 2.44. The summed E-state index contributed by atoms with van der Waals surface area (Å²) < 4.78 is 28.7. The molecule has 1 amide bonds. The lowest BCUT2D eigenvalue weighted by Gasteiger charge is -2.17. The molecule has 0 radical (unpaired) electrons. The Morgan fingerprint density at radius 3 is 2.32 bits per heavy atom. The van der Waals surface area contributed by atoms with Gasteiger partial charge in [-0.2, -0.15) is 0 Å². The van der Waals surface area contributed by atoms with Crippen molar-refractivity contribution in [2.45, 2.75) is 24.5 Å². The Balaban J connectivity index is 1.98. The fourth-order valence-corrected chi connectivity index (χ4v) is 3.10. The molecule has 0 saturated carbocycles. The first kappa shape index (κ1) is 19.0. The van der Waals surface area contributed by atoms with Gasteiger partial charge in [0.2, 0.25) is 0 Å². The predicted molar refractivity (Wildman–Crippen MR) is 93.8 cm³/mol. The van der Waals surface area contributed by atoms with E-state index in [9.17, 15) is 18.3 Å². The van der Waals surface area contributed by atoms with Crippen molar-refractivity contribution < 1.29 is 23.1 Å². The van der Waals surface area contributed by atoms with Crippen LogP contribution in [0.4, 0.5) is 4.79 Å². The van der Waals surface area contributed by atoms with E-state index in [1.807, 2.05) is 30.3 Å². The largest absolute Gasteiger partial charge is 0.445 e. The number of aliphatic hydroxyl groups is 1. The highest BCUT2D eigenvalue weighted by Gasteiger charge is 2.17. The van der Waals surface area contributed by atoms with Gasteiger partial charge in [-0.15, -0.1) is 0 Å². The quantitative estimate of drug-likeness (QED) is 0.788. The van der Waals surface area contributed by atoms with Gasteiger partial charge in [-0.3, -0.25) is 0 Å². The molecular weight excluding hydrogens is 342 g/mol. The Morgan fingerprint density at radius 2 is 1.76 bits per heavy atom. The van der Waals surface area contributed by atoms with Crippen molar-refractivity contribution in [3.05, 3.63) is 65.7 Å². The summed E-state index contributed by atoms with van der Waals surface area (Å²) >= 11 is 0. The summed E-state index contributed by atoms with van der Waals surface area (Å²) in [5.74, 6) is 0.0137. The molecule has 0 bridgehead atoms. The van der Waals surface area contributed by atoms with Gasteiger partial charge in [0.1, 0.15) is 6.61 Å². The first-order valence-corrected chi connectivity index (χ1v) is 9.52. The van der Waals surface area contributed by atoms with Crippen molar-refractivity contribution in [2.24, 2.45) is 0 Å². The molecule has 0 aliphatic heterocycles. The maximum absolute atomic E-state index is 11.9. The second kappa shape index (κ2) is 8.64. The number of ether oxygens (including phenoxy) is 1. The third-order valence-electron chi connectivity index (χ3n) is 3.71. The zero-order valence-electron chi connectivity index (χ0n) is 13.9. The maximum atomic E-state index is 11.9. The minimum Gasteiger partial charge on any atom is -0.445 e. The van der Waals surface area contributed by atoms with Crippen molar-refractivity contribution in [1.82, 2.24) is 5.32 Å². The summed E-state index contributed by atoms with van der Waals surface area (Å²) in [5, 5.41) is 12.1. The minimum absolute atomic E-state index is 0.0137. The lowest BCUT2D eigenvalue weighted by molar-refractivity contribution is 0.129. The van der Waals surface area contributed by atoms with E-state index in [2.05, 4.69) is 5.32 Å². The number of rotatable bonds is 7. The first-order valence-electron chi connectivity index (χ1n) is 7.87. The Hall–Kier alpha value is -2.38. The highest BCUT2D eigenvalue weighted by Crippen LogP contribution is 2.17. The van der Waals surface area contributed by atoms with Gasteiger partial charge in [0, 0.05) is 0 Å². The van der Waals surface area contributed by atoms with E-state index in [1.165, 1.54) is 12.1 Å². The molecule has 0 aliphatic carbocycles. The summed E-state index contributed by atoms with van der Waals surface area (Å²) in [4.78, 5) is 12.1. The number of sulfone groups is 1. The molecule has 0 fully saturated rings. The molecule has 0 saturated heterocycles. The van der Waals surface area contributed by atoms with E-state index in [1.54, 1.807) is 19.1 Å². The second-order valence-corrected chi connectivity index (χ2v) is 7.69. The molecule has 7 heteroatoms. The van der Waals surface area contributed by atoms with Crippen LogP contribution in [0.25, 0.3) is 0 Å². The molecule has 0 heterocycles. The fraction of sp³-hybridized carbons (Fsp3) is 0.278. The monoisotopic (exact) mass is 363 g/mol. The number of carbonyl (C=O) groups is 1. The number of hydrogen-bond acceptors (Lipinski definition) is 5. The van der Waals surface area contributed by atoms with Crippen LogP contribution in [0, 0.1) is 0 Å². The molecule has 25 heavy (non-hydrogen) atoms. The average molecular weight is 363 g/mol. The fourth-order valence-electron chi connectivity index (χ4n) is 2.22. The number of amides is 1. The molecule has 0 aliphatic rings. The molecule has 0 unspecified atom stereocenters. The molecule has 2 rings (SSSR count). The summed E-state index contributed by atoms with van der Waals surface area (Å²) in [7, 11) is -3.28. The molecular formula is C18H21NO5S. The number of benzene rings is 2. The zero-order chi connectivity index (χ0) is 18.3. The van der Waals surface area contributed by atoms with Gasteiger partial charge in [0.15, 0.2) is 9.84 Å². The van der Waals surface area contributed by atoms with Gasteiger partial charge >= 0.3 is 6.09 Å². The highest BCUT2D eigenvalue weighted by atomic mass is 32.2. The van der Waals surface area contributed by atoms with E-state index in [-0.39, 0.29) is 23.9 Å². The Kier molecular flexibility index (Phi) is 6.55. The standard InChI is InChI=1S/C18H21NO5S/c1-2-25(22,23)16-10-8-15(9-11-16)17(12-20)19-18(21)24-13-14-6-4-3-5-7-14/h3-11,17,20H,2,12-13H2,1H3,(H,19,21)/t17-/m0/s1. The Bertz CT molecular complexity index is 788. The van der Waals surface area contributed by atoms with Crippen LogP contribution in [0.1, 0.15) is 24.1 Å². The molecule has 2 aromatic rings. The van der Waals surface area contributed by atoms with Crippen LogP contribution in [-0.2, 0) is 21.2 Å². The lowest BCUT2D eigenvalue weighted by Crippen LogP contribution is -2.31. The van der Waals surface area contributed by atoms with Crippen molar-refractivity contribution in [1.29, 1.82) is 0 Å². The highest BCUT2D eigenvalue weighted by molar-refractivity contribution is 7.91. The minimum atomic E-state index is -3.28. The topological polar surface area (TPSA) is 92.7 Å². The normalized spacial score (nSPS) is 12.4. The molecule has 0 spiro atoms. The van der Waals surface area contributed by atoms with E-state index in [0.717, 1.165) is 5.56 Å². The Labute approximate surface area is 147 Å². The molecule has 0 aromatic heterocycles. The molecule has 1 atom stereocenters. The van der Waals surface area contributed by atoms with Gasteiger partial charge in [-0.05, 0) is 23.3 Å². The van der Waals surface area contributed by atoms with Crippen LogP contribution in [0.2, 0.25) is 0 Å². The van der Waals surface area contributed by atoms with Gasteiger partial charge < -0.3 is 15.2 Å². The molecule has 2 aromatic carbocycles. The van der Waals surface area contributed by atoms with Crippen LogP contribution < -0.4 is 5.32 Å². The van der Waals surface area contributed by atoms with Gasteiger partial charge in [-0.1, -0.05) is 49.4 Å². The lowest BCUT2D eigenvalue weighted by atomic mass is 10.1. The van der Waals surface area contributed by atoms with E-state index in [4.69, 9.17) is 4.74 Å². The van der Waals surface area contributed by atoms with Crippen LogP contribution in [0.3, 0.4) is 0 Å². The third kappa shape index (κ3) is 5.30. The number of carbonyl (C=O) groups excluding carboxylic acids is 1. The summed E-state index contributed by atoms with van der Waals surface area (Å²) in [6.45, 7) is 1.36. The summed E-state index contributed by atoms with van der Waals surface area (Å²) in [6.07, 6.45) is -0.659. The molecule has 2 N–H and O–H groups in total. The van der Waals surface area contributed by atoms with Crippen molar-refractivity contribution in [3.8, 4) is 0 Å². The Morgan fingerprint density at radius 1 is 1.12 bits per heavy atom. The SMILES string of the molecule is CCS(=O)(=O)c1ccc([C@H](CO)NC(=O)OCc2ccccc2)cc1. The summed E-state index contributed by atoms with van der Waals surface area (Å²) in [6, 6.07) is 14.6.